The van der Waals surface area contributed by atoms with Crippen molar-refractivity contribution >= 4 is 38.9 Å². The molecule has 2 rings (SSSR count). The van der Waals surface area contributed by atoms with Gasteiger partial charge < -0.3 is 16.2 Å². The fraction of sp³-hybridized carbons (Fsp3) is 0. The van der Waals surface area contributed by atoms with Crippen molar-refractivity contribution in [2.45, 2.75) is 0 Å². The van der Waals surface area contributed by atoms with Gasteiger partial charge in [0.25, 0.3) is 0 Å². The Bertz CT molecular complexity index is 560. The molecule has 0 unspecified atom stereocenters. The summed E-state index contributed by atoms with van der Waals surface area (Å²) in [4.78, 5) is 0. The van der Waals surface area contributed by atoms with Gasteiger partial charge in [0, 0.05) is 10.5 Å². The van der Waals surface area contributed by atoms with E-state index in [1.54, 1.807) is 30.3 Å². The van der Waals surface area contributed by atoms with Crippen LogP contribution in [0.1, 0.15) is 0 Å². The summed E-state index contributed by atoms with van der Waals surface area (Å²) in [7, 11) is 0. The maximum atomic E-state index is 6.04. The molecule has 3 nitrogen and oxygen atoms in total. The van der Waals surface area contributed by atoms with Gasteiger partial charge in [-0.15, -0.1) is 0 Å². The minimum atomic E-state index is 0.482. The van der Waals surface area contributed by atoms with Crippen molar-refractivity contribution in [2.75, 3.05) is 11.5 Å². The first kappa shape index (κ1) is 12.1. The number of benzene rings is 2. The molecule has 0 atom stereocenters. The van der Waals surface area contributed by atoms with Gasteiger partial charge in [-0.1, -0.05) is 27.5 Å². The van der Waals surface area contributed by atoms with Crippen molar-refractivity contribution in [1.82, 2.24) is 0 Å². The molecule has 17 heavy (non-hydrogen) atoms. The Morgan fingerprint density at radius 3 is 2.41 bits per heavy atom. The van der Waals surface area contributed by atoms with Crippen LogP contribution in [-0.2, 0) is 0 Å². The number of nitrogen functional groups attached to an aromatic ring is 2. The van der Waals surface area contributed by atoms with Gasteiger partial charge in [0.2, 0.25) is 0 Å². The molecule has 4 N–H and O–H groups in total. The summed E-state index contributed by atoms with van der Waals surface area (Å²) in [5.41, 5.74) is 12.3. The molecule has 2 aromatic rings. The maximum Gasteiger partial charge on any atom is 0.146 e. The standard InChI is InChI=1S/C12H10BrClN2O/c13-7-1-4-12(9(14)5-7)17-8-2-3-10(15)11(16)6-8/h1-6H,15-16H2. The van der Waals surface area contributed by atoms with E-state index in [2.05, 4.69) is 15.9 Å². The molecule has 0 aliphatic rings. The second kappa shape index (κ2) is 4.85. The third kappa shape index (κ3) is 2.84. The number of rotatable bonds is 2. The number of anilines is 2. The van der Waals surface area contributed by atoms with Gasteiger partial charge in [0.05, 0.1) is 16.4 Å². The zero-order chi connectivity index (χ0) is 12.4. The van der Waals surface area contributed by atoms with Crippen LogP contribution >= 0.6 is 27.5 Å². The molecule has 2 aromatic carbocycles. The molecule has 88 valence electrons. The van der Waals surface area contributed by atoms with Crippen LogP contribution in [0.25, 0.3) is 0 Å². The van der Waals surface area contributed by atoms with E-state index >= 15 is 0 Å². The van der Waals surface area contributed by atoms with Crippen LogP contribution in [0.5, 0.6) is 11.5 Å². The highest BCUT2D eigenvalue weighted by Crippen LogP contribution is 2.33. The predicted octanol–water partition coefficient (Wildman–Crippen LogP) is 4.06. The summed E-state index contributed by atoms with van der Waals surface area (Å²) in [5, 5.41) is 0.523. The Labute approximate surface area is 112 Å². The zero-order valence-corrected chi connectivity index (χ0v) is 11.1. The molecule has 0 spiro atoms. The van der Waals surface area contributed by atoms with Crippen molar-refractivity contribution < 1.29 is 4.74 Å². The summed E-state index contributed by atoms with van der Waals surface area (Å²) in [5.74, 6) is 1.17. The summed E-state index contributed by atoms with van der Waals surface area (Å²) < 4.78 is 6.51. The summed E-state index contributed by atoms with van der Waals surface area (Å²) in [6.07, 6.45) is 0. The van der Waals surface area contributed by atoms with E-state index in [1.807, 2.05) is 6.07 Å². The fourth-order valence-corrected chi connectivity index (χ4v) is 2.01. The van der Waals surface area contributed by atoms with E-state index in [-0.39, 0.29) is 0 Å². The van der Waals surface area contributed by atoms with Crippen LogP contribution in [0.3, 0.4) is 0 Å². The van der Waals surface area contributed by atoms with Crippen LogP contribution in [-0.4, -0.2) is 0 Å². The van der Waals surface area contributed by atoms with E-state index in [1.165, 1.54) is 0 Å². The lowest BCUT2D eigenvalue weighted by atomic mass is 10.2. The highest BCUT2D eigenvalue weighted by atomic mass is 79.9. The lowest BCUT2D eigenvalue weighted by molar-refractivity contribution is 0.483. The van der Waals surface area contributed by atoms with Crippen LogP contribution in [0.15, 0.2) is 40.9 Å². The summed E-state index contributed by atoms with van der Waals surface area (Å²) in [6, 6.07) is 10.5. The minimum Gasteiger partial charge on any atom is -0.456 e. The predicted molar refractivity (Wildman–Crippen MR) is 74.5 cm³/mol. The van der Waals surface area contributed by atoms with Gasteiger partial charge in [-0.05, 0) is 30.3 Å². The molecule has 0 fully saturated rings. The minimum absolute atomic E-state index is 0.482. The first-order chi connectivity index (χ1) is 8.06. The van der Waals surface area contributed by atoms with E-state index in [4.69, 9.17) is 27.8 Å². The molecule has 5 heteroatoms. The second-order valence-corrected chi connectivity index (χ2v) is 4.79. The lowest BCUT2D eigenvalue weighted by Crippen LogP contribution is -1.94. The molecule has 0 aliphatic carbocycles. The van der Waals surface area contributed by atoms with Gasteiger partial charge >= 0.3 is 0 Å². The zero-order valence-electron chi connectivity index (χ0n) is 8.78. The topological polar surface area (TPSA) is 61.3 Å². The normalized spacial score (nSPS) is 10.2. The quantitative estimate of drug-likeness (QED) is 0.822. The third-order valence-electron chi connectivity index (χ3n) is 2.18. The molecule has 0 amide bonds. The largest absolute Gasteiger partial charge is 0.456 e. The number of nitrogens with two attached hydrogens (primary N) is 2. The Morgan fingerprint density at radius 2 is 1.76 bits per heavy atom. The molecule has 0 aliphatic heterocycles. The van der Waals surface area contributed by atoms with Crippen LogP contribution in [0, 0.1) is 0 Å². The van der Waals surface area contributed by atoms with Crippen molar-refractivity contribution in [2.24, 2.45) is 0 Å². The van der Waals surface area contributed by atoms with Crippen LogP contribution in [0.4, 0.5) is 11.4 Å². The molecule has 0 saturated carbocycles. The van der Waals surface area contributed by atoms with E-state index in [0.29, 0.717) is 27.9 Å². The molecule has 0 bridgehead atoms. The average molecular weight is 314 g/mol. The molecule has 0 heterocycles. The Balaban J connectivity index is 2.28. The number of ether oxygens (including phenoxy) is 1. The highest BCUT2D eigenvalue weighted by molar-refractivity contribution is 9.10. The van der Waals surface area contributed by atoms with Crippen LogP contribution in [0.2, 0.25) is 5.02 Å². The molecular formula is C12H10BrClN2O. The SMILES string of the molecule is Nc1ccc(Oc2ccc(Br)cc2Cl)cc1N. The second-order valence-electron chi connectivity index (χ2n) is 3.47. The Morgan fingerprint density at radius 1 is 1.00 bits per heavy atom. The molecule has 0 radical (unpaired) electrons. The first-order valence-electron chi connectivity index (χ1n) is 4.84. The van der Waals surface area contributed by atoms with Gasteiger partial charge in [0.15, 0.2) is 0 Å². The first-order valence-corrected chi connectivity index (χ1v) is 6.01. The lowest BCUT2D eigenvalue weighted by Gasteiger charge is -2.09. The van der Waals surface area contributed by atoms with Crippen molar-refractivity contribution in [1.29, 1.82) is 0 Å². The van der Waals surface area contributed by atoms with Crippen molar-refractivity contribution in [3.05, 3.63) is 45.9 Å². The number of halogens is 2. The smallest absolute Gasteiger partial charge is 0.146 e. The van der Waals surface area contributed by atoms with E-state index in [9.17, 15) is 0 Å². The van der Waals surface area contributed by atoms with Crippen molar-refractivity contribution in [3.63, 3.8) is 0 Å². The van der Waals surface area contributed by atoms with Crippen molar-refractivity contribution in [3.8, 4) is 11.5 Å². The highest BCUT2D eigenvalue weighted by Gasteiger charge is 2.05. The van der Waals surface area contributed by atoms with Gasteiger partial charge in [-0.25, -0.2) is 0 Å². The van der Waals surface area contributed by atoms with E-state index in [0.717, 1.165) is 4.47 Å². The van der Waals surface area contributed by atoms with Gasteiger partial charge in [-0.3, -0.25) is 0 Å². The van der Waals surface area contributed by atoms with Gasteiger partial charge in [0.1, 0.15) is 11.5 Å². The third-order valence-corrected chi connectivity index (χ3v) is 2.97. The number of hydrogen-bond donors (Lipinski definition) is 2. The molecule has 0 aromatic heterocycles. The average Bonchev–Trinajstić information content (AvgIpc) is 2.27. The van der Waals surface area contributed by atoms with Gasteiger partial charge in [-0.2, -0.15) is 0 Å². The van der Waals surface area contributed by atoms with Crippen LogP contribution < -0.4 is 16.2 Å². The Hall–Kier alpha value is -1.39. The maximum absolute atomic E-state index is 6.04. The fourth-order valence-electron chi connectivity index (χ4n) is 1.30. The summed E-state index contributed by atoms with van der Waals surface area (Å²) >= 11 is 9.37. The Kier molecular flexibility index (Phi) is 3.45. The molecule has 0 saturated heterocycles. The van der Waals surface area contributed by atoms with E-state index < -0.39 is 0 Å². The molecular weight excluding hydrogens is 304 g/mol. The monoisotopic (exact) mass is 312 g/mol. The summed E-state index contributed by atoms with van der Waals surface area (Å²) in [6.45, 7) is 0. The number of hydrogen-bond acceptors (Lipinski definition) is 3.